The summed E-state index contributed by atoms with van der Waals surface area (Å²) in [7, 11) is 0. The Balaban J connectivity index is 2.35. The van der Waals surface area contributed by atoms with Gasteiger partial charge in [0.1, 0.15) is 0 Å². The van der Waals surface area contributed by atoms with Gasteiger partial charge in [0.05, 0.1) is 0 Å². The summed E-state index contributed by atoms with van der Waals surface area (Å²) in [6.45, 7) is 6.66. The van der Waals surface area contributed by atoms with Crippen LogP contribution in [0.1, 0.15) is 26.7 Å². The van der Waals surface area contributed by atoms with Gasteiger partial charge >= 0.3 is 0 Å². The SMILES string of the molecule is CC(C)CC(=O)N1CCN(C(=O)CCCl)CC1. The fourth-order valence-electron chi connectivity index (χ4n) is 1.92. The number of alkyl halides is 1. The maximum atomic E-state index is 11.8. The largest absolute Gasteiger partial charge is 0.339 e. The molecule has 0 aromatic heterocycles. The van der Waals surface area contributed by atoms with E-state index in [4.69, 9.17) is 11.6 Å². The zero-order valence-electron chi connectivity index (χ0n) is 10.6. The number of carbonyl (C=O) groups is 2. The van der Waals surface area contributed by atoms with Gasteiger partial charge in [-0.3, -0.25) is 9.59 Å². The first kappa shape index (κ1) is 14.3. The molecule has 0 saturated carbocycles. The number of hydrogen-bond acceptors (Lipinski definition) is 2. The first-order chi connectivity index (χ1) is 8.04. The second-order valence-corrected chi connectivity index (χ2v) is 5.18. The van der Waals surface area contributed by atoms with E-state index in [0.29, 0.717) is 50.8 Å². The highest BCUT2D eigenvalue weighted by Gasteiger charge is 2.23. The first-order valence-corrected chi connectivity index (χ1v) is 6.69. The topological polar surface area (TPSA) is 40.6 Å². The van der Waals surface area contributed by atoms with Crippen LogP contribution in [0, 0.1) is 5.92 Å². The maximum Gasteiger partial charge on any atom is 0.223 e. The monoisotopic (exact) mass is 260 g/mol. The molecular formula is C12H21ClN2O2. The lowest BCUT2D eigenvalue weighted by Gasteiger charge is -2.35. The van der Waals surface area contributed by atoms with Crippen molar-refractivity contribution in [3.8, 4) is 0 Å². The van der Waals surface area contributed by atoms with Crippen molar-refractivity contribution < 1.29 is 9.59 Å². The molecule has 1 aliphatic rings. The van der Waals surface area contributed by atoms with Crippen molar-refractivity contribution in [1.29, 1.82) is 0 Å². The molecule has 0 bridgehead atoms. The molecule has 0 radical (unpaired) electrons. The average molecular weight is 261 g/mol. The third-order valence-corrected chi connectivity index (χ3v) is 3.07. The molecule has 0 aromatic carbocycles. The van der Waals surface area contributed by atoms with Crippen LogP contribution in [0.25, 0.3) is 0 Å². The number of hydrogen-bond donors (Lipinski definition) is 0. The van der Waals surface area contributed by atoms with Crippen molar-refractivity contribution in [1.82, 2.24) is 9.80 Å². The minimum Gasteiger partial charge on any atom is -0.339 e. The molecule has 1 fully saturated rings. The molecule has 2 amide bonds. The van der Waals surface area contributed by atoms with Crippen LogP contribution in [0.4, 0.5) is 0 Å². The molecule has 1 saturated heterocycles. The zero-order chi connectivity index (χ0) is 12.8. The molecule has 0 unspecified atom stereocenters. The van der Waals surface area contributed by atoms with E-state index in [1.807, 2.05) is 18.7 Å². The summed E-state index contributed by atoms with van der Waals surface area (Å²) < 4.78 is 0. The van der Waals surface area contributed by atoms with E-state index in [2.05, 4.69) is 0 Å². The molecule has 0 spiro atoms. The van der Waals surface area contributed by atoms with Gasteiger partial charge in [-0.05, 0) is 5.92 Å². The second kappa shape index (κ2) is 6.84. The summed E-state index contributed by atoms with van der Waals surface area (Å²) in [5, 5.41) is 0. The number of amides is 2. The van der Waals surface area contributed by atoms with Crippen LogP contribution in [0.3, 0.4) is 0 Å². The van der Waals surface area contributed by atoms with Crippen LogP contribution in [0.2, 0.25) is 0 Å². The predicted octanol–water partition coefficient (Wildman–Crippen LogP) is 1.33. The molecule has 98 valence electrons. The second-order valence-electron chi connectivity index (χ2n) is 4.80. The molecule has 1 heterocycles. The van der Waals surface area contributed by atoms with E-state index in [1.54, 1.807) is 4.90 Å². The summed E-state index contributed by atoms with van der Waals surface area (Å²) in [6, 6.07) is 0. The smallest absolute Gasteiger partial charge is 0.223 e. The van der Waals surface area contributed by atoms with Crippen LogP contribution in [0.5, 0.6) is 0 Å². The van der Waals surface area contributed by atoms with Crippen molar-refractivity contribution in [3.05, 3.63) is 0 Å². The van der Waals surface area contributed by atoms with Crippen LogP contribution < -0.4 is 0 Å². The Morgan fingerprint density at radius 1 is 1.06 bits per heavy atom. The third-order valence-electron chi connectivity index (χ3n) is 2.88. The van der Waals surface area contributed by atoms with Gasteiger partial charge in [-0.1, -0.05) is 13.8 Å². The molecule has 0 N–H and O–H groups in total. The quantitative estimate of drug-likeness (QED) is 0.716. The van der Waals surface area contributed by atoms with E-state index in [0.717, 1.165) is 0 Å². The summed E-state index contributed by atoms with van der Waals surface area (Å²) >= 11 is 5.54. The van der Waals surface area contributed by atoms with Crippen molar-refractivity contribution >= 4 is 23.4 Å². The normalized spacial score (nSPS) is 16.5. The van der Waals surface area contributed by atoms with E-state index in [1.165, 1.54) is 0 Å². The summed E-state index contributed by atoms with van der Waals surface area (Å²) in [5.74, 6) is 1.05. The first-order valence-electron chi connectivity index (χ1n) is 6.16. The summed E-state index contributed by atoms with van der Waals surface area (Å²) in [4.78, 5) is 27.0. The molecule has 1 rings (SSSR count). The highest BCUT2D eigenvalue weighted by atomic mass is 35.5. The van der Waals surface area contributed by atoms with Crippen molar-refractivity contribution in [2.24, 2.45) is 5.92 Å². The number of piperazine rings is 1. The number of carbonyl (C=O) groups excluding carboxylic acids is 2. The molecular weight excluding hydrogens is 240 g/mol. The van der Waals surface area contributed by atoms with Crippen LogP contribution >= 0.6 is 11.6 Å². The van der Waals surface area contributed by atoms with Gasteiger partial charge in [0.2, 0.25) is 11.8 Å². The Labute approximate surface area is 108 Å². The summed E-state index contributed by atoms with van der Waals surface area (Å²) in [6.07, 6.45) is 0.983. The van der Waals surface area contributed by atoms with Gasteiger partial charge in [0.25, 0.3) is 0 Å². The van der Waals surface area contributed by atoms with Crippen LogP contribution in [-0.2, 0) is 9.59 Å². The minimum absolute atomic E-state index is 0.0935. The lowest BCUT2D eigenvalue weighted by molar-refractivity contribution is -0.139. The summed E-state index contributed by atoms with van der Waals surface area (Å²) in [5.41, 5.74) is 0. The zero-order valence-corrected chi connectivity index (χ0v) is 11.4. The van der Waals surface area contributed by atoms with E-state index >= 15 is 0 Å². The fourth-order valence-corrected chi connectivity index (χ4v) is 2.08. The lowest BCUT2D eigenvalue weighted by Crippen LogP contribution is -2.50. The average Bonchev–Trinajstić information content (AvgIpc) is 2.28. The fraction of sp³-hybridized carbons (Fsp3) is 0.833. The Morgan fingerprint density at radius 3 is 1.94 bits per heavy atom. The van der Waals surface area contributed by atoms with Crippen LogP contribution in [-0.4, -0.2) is 53.7 Å². The highest BCUT2D eigenvalue weighted by Crippen LogP contribution is 2.09. The highest BCUT2D eigenvalue weighted by molar-refractivity contribution is 6.18. The molecule has 17 heavy (non-hydrogen) atoms. The number of rotatable bonds is 4. The number of halogens is 1. The lowest BCUT2D eigenvalue weighted by atomic mass is 10.1. The Hall–Kier alpha value is -0.770. The Bertz CT molecular complexity index is 274. The molecule has 0 atom stereocenters. The van der Waals surface area contributed by atoms with Crippen molar-refractivity contribution in [3.63, 3.8) is 0 Å². The van der Waals surface area contributed by atoms with Gasteiger partial charge in [-0.25, -0.2) is 0 Å². The maximum absolute atomic E-state index is 11.8. The number of nitrogens with zero attached hydrogens (tertiary/aromatic N) is 2. The molecule has 4 nitrogen and oxygen atoms in total. The molecule has 0 aliphatic carbocycles. The Kier molecular flexibility index (Phi) is 5.75. The molecule has 5 heteroatoms. The predicted molar refractivity (Wildman–Crippen MR) is 68.0 cm³/mol. The van der Waals surface area contributed by atoms with Gasteiger partial charge in [-0.2, -0.15) is 0 Å². The van der Waals surface area contributed by atoms with E-state index < -0.39 is 0 Å². The standard InChI is InChI=1S/C12H21ClN2O2/c1-10(2)9-12(17)15-7-5-14(6-8-15)11(16)3-4-13/h10H,3-9H2,1-2H3. The third kappa shape index (κ3) is 4.54. The van der Waals surface area contributed by atoms with E-state index in [-0.39, 0.29) is 11.8 Å². The Morgan fingerprint density at radius 2 is 1.53 bits per heavy atom. The minimum atomic E-state index is 0.0935. The van der Waals surface area contributed by atoms with Crippen molar-refractivity contribution in [2.75, 3.05) is 32.1 Å². The van der Waals surface area contributed by atoms with Crippen molar-refractivity contribution in [2.45, 2.75) is 26.7 Å². The van der Waals surface area contributed by atoms with E-state index in [9.17, 15) is 9.59 Å². The van der Waals surface area contributed by atoms with Gasteiger partial charge in [0.15, 0.2) is 0 Å². The van der Waals surface area contributed by atoms with Gasteiger partial charge in [-0.15, -0.1) is 11.6 Å². The molecule has 0 aromatic rings. The van der Waals surface area contributed by atoms with Crippen LogP contribution in [0.15, 0.2) is 0 Å². The molecule has 1 aliphatic heterocycles. The van der Waals surface area contributed by atoms with Gasteiger partial charge in [0, 0.05) is 44.9 Å². The van der Waals surface area contributed by atoms with Gasteiger partial charge < -0.3 is 9.80 Å².